The van der Waals surface area contributed by atoms with Crippen molar-refractivity contribution >= 4 is 11.9 Å². The molecule has 0 radical (unpaired) electrons. The Kier molecular flexibility index (Phi) is 9.33. The molecule has 2 atom stereocenters. The molecule has 2 aromatic carbocycles. The molecule has 0 fully saturated rings. The molecule has 0 unspecified atom stereocenters. The molecule has 2 aromatic rings. The van der Waals surface area contributed by atoms with Crippen molar-refractivity contribution in [3.63, 3.8) is 0 Å². The summed E-state index contributed by atoms with van der Waals surface area (Å²) in [6.45, 7) is 11.6. The molecule has 1 amide bonds. The first-order valence-electron chi connectivity index (χ1n) is 10.9. The molecule has 0 heterocycles. The van der Waals surface area contributed by atoms with E-state index in [1.54, 1.807) is 6.92 Å². The summed E-state index contributed by atoms with van der Waals surface area (Å²) in [5, 5.41) is 5.70. The summed E-state index contributed by atoms with van der Waals surface area (Å²) < 4.78 is 16.3. The molecular formula is C26H34N2O5. The van der Waals surface area contributed by atoms with Gasteiger partial charge in [-0.1, -0.05) is 42.5 Å². The van der Waals surface area contributed by atoms with Crippen molar-refractivity contribution in [2.75, 3.05) is 7.11 Å². The Morgan fingerprint density at radius 1 is 0.970 bits per heavy atom. The fraction of sp³-hybridized carbons (Fsp3) is 0.385. The lowest BCUT2D eigenvalue weighted by Crippen LogP contribution is -2.50. The van der Waals surface area contributed by atoms with E-state index in [1.807, 2.05) is 75.4 Å². The van der Waals surface area contributed by atoms with E-state index in [9.17, 15) is 9.59 Å². The smallest absolute Gasteiger partial charge is 0.328 e. The summed E-state index contributed by atoms with van der Waals surface area (Å²) in [7, 11) is 1.28. The van der Waals surface area contributed by atoms with Crippen molar-refractivity contribution in [3.05, 3.63) is 78.2 Å². The number of hydrogen-bond acceptors (Lipinski definition) is 6. The van der Waals surface area contributed by atoms with Gasteiger partial charge in [0, 0.05) is 6.42 Å². The van der Waals surface area contributed by atoms with Crippen molar-refractivity contribution in [2.45, 2.75) is 58.4 Å². The average Bonchev–Trinajstić information content (AvgIpc) is 2.76. The quantitative estimate of drug-likeness (QED) is 0.398. The molecular weight excluding hydrogens is 420 g/mol. The van der Waals surface area contributed by atoms with E-state index >= 15 is 0 Å². The molecule has 0 aliphatic rings. The minimum Gasteiger partial charge on any atom is -0.489 e. The Morgan fingerprint density at radius 2 is 1.61 bits per heavy atom. The normalized spacial score (nSPS) is 12.8. The van der Waals surface area contributed by atoms with Crippen LogP contribution in [0.5, 0.6) is 5.75 Å². The molecule has 0 spiro atoms. The van der Waals surface area contributed by atoms with E-state index < -0.39 is 23.7 Å². The van der Waals surface area contributed by atoms with Crippen LogP contribution in [0.4, 0.5) is 0 Å². The second kappa shape index (κ2) is 11.9. The Morgan fingerprint density at radius 3 is 2.18 bits per heavy atom. The maximum Gasteiger partial charge on any atom is 0.328 e. The van der Waals surface area contributed by atoms with Gasteiger partial charge in [0.25, 0.3) is 0 Å². The zero-order chi connectivity index (χ0) is 24.4. The molecule has 33 heavy (non-hydrogen) atoms. The highest BCUT2D eigenvalue weighted by molar-refractivity contribution is 5.87. The predicted octanol–water partition coefficient (Wildman–Crippen LogP) is 3.73. The number of amides is 1. The number of nitrogens with one attached hydrogen (secondary N) is 2. The lowest BCUT2D eigenvalue weighted by atomic mass is 10.0. The second-order valence-corrected chi connectivity index (χ2v) is 8.71. The lowest BCUT2D eigenvalue weighted by Gasteiger charge is -2.27. The largest absolute Gasteiger partial charge is 0.489 e. The fourth-order valence-corrected chi connectivity index (χ4v) is 3.05. The van der Waals surface area contributed by atoms with Gasteiger partial charge in [-0.15, -0.1) is 0 Å². The third-order valence-corrected chi connectivity index (χ3v) is 4.61. The molecule has 0 aliphatic carbocycles. The number of carbonyl (C=O) groups excluding carboxylic acids is 2. The maximum atomic E-state index is 12.9. The molecule has 2 N–H and O–H groups in total. The van der Waals surface area contributed by atoms with Gasteiger partial charge in [0.05, 0.1) is 7.11 Å². The van der Waals surface area contributed by atoms with Gasteiger partial charge in [-0.2, -0.15) is 0 Å². The summed E-state index contributed by atoms with van der Waals surface area (Å²) in [4.78, 5) is 24.6. The number of ether oxygens (including phenoxy) is 3. The van der Waals surface area contributed by atoms with Crippen LogP contribution in [0.3, 0.4) is 0 Å². The Balaban J connectivity index is 2.06. The van der Waals surface area contributed by atoms with Crippen LogP contribution in [-0.2, 0) is 32.1 Å². The van der Waals surface area contributed by atoms with Crippen LogP contribution < -0.4 is 15.4 Å². The van der Waals surface area contributed by atoms with Crippen LogP contribution in [0.1, 0.15) is 38.8 Å². The van der Waals surface area contributed by atoms with E-state index in [4.69, 9.17) is 14.2 Å². The fourth-order valence-electron chi connectivity index (χ4n) is 3.05. The highest BCUT2D eigenvalue weighted by atomic mass is 16.5. The highest BCUT2D eigenvalue weighted by Gasteiger charge is 2.25. The second-order valence-electron chi connectivity index (χ2n) is 8.71. The number of methoxy groups -OCH3 is 1. The van der Waals surface area contributed by atoms with Crippen molar-refractivity contribution in [1.82, 2.24) is 10.6 Å². The van der Waals surface area contributed by atoms with E-state index in [2.05, 4.69) is 17.2 Å². The minimum absolute atomic E-state index is 0.274. The van der Waals surface area contributed by atoms with Crippen LogP contribution in [0.15, 0.2) is 67.1 Å². The number of hydrogen-bond donors (Lipinski definition) is 2. The topological polar surface area (TPSA) is 85.9 Å². The standard InChI is InChI=1S/C26H34N2O5/c1-18(25(30)31-6)27-24(29)23(28-19(2)33-26(3,4)5)16-20-12-14-22(15-13-20)32-17-21-10-8-7-9-11-21/h7-15,18,23,28H,2,16-17H2,1,3-6H3,(H,27,29)/t18-,23-/m0/s1. The number of rotatable bonds is 11. The first-order valence-corrected chi connectivity index (χ1v) is 10.9. The Hall–Kier alpha value is -3.48. The van der Waals surface area contributed by atoms with Crippen LogP contribution in [0.2, 0.25) is 0 Å². The number of benzene rings is 2. The molecule has 0 bridgehead atoms. The number of carbonyl (C=O) groups is 2. The van der Waals surface area contributed by atoms with Gasteiger partial charge in [-0.25, -0.2) is 4.79 Å². The molecule has 0 aromatic heterocycles. The van der Waals surface area contributed by atoms with E-state index in [0.717, 1.165) is 16.9 Å². The third kappa shape index (κ3) is 9.27. The summed E-state index contributed by atoms with van der Waals surface area (Å²) in [5.74, 6) is 0.121. The van der Waals surface area contributed by atoms with Crippen LogP contribution in [0, 0.1) is 0 Å². The molecule has 0 aliphatic heterocycles. The van der Waals surface area contributed by atoms with Crippen LogP contribution in [-0.4, -0.2) is 36.7 Å². The van der Waals surface area contributed by atoms with Gasteiger partial charge >= 0.3 is 5.97 Å². The Labute approximate surface area is 196 Å². The van der Waals surface area contributed by atoms with Crippen molar-refractivity contribution in [2.24, 2.45) is 0 Å². The first kappa shape index (κ1) is 25.8. The van der Waals surface area contributed by atoms with E-state index in [-0.39, 0.29) is 11.8 Å². The van der Waals surface area contributed by atoms with Gasteiger partial charge in [-0.3, -0.25) is 4.79 Å². The van der Waals surface area contributed by atoms with Crippen molar-refractivity contribution in [1.29, 1.82) is 0 Å². The summed E-state index contributed by atoms with van der Waals surface area (Å²) >= 11 is 0. The van der Waals surface area contributed by atoms with Crippen molar-refractivity contribution < 1.29 is 23.8 Å². The molecule has 7 heteroatoms. The first-order chi connectivity index (χ1) is 15.6. The predicted molar refractivity (Wildman–Crippen MR) is 127 cm³/mol. The molecule has 0 saturated heterocycles. The maximum absolute atomic E-state index is 12.9. The van der Waals surface area contributed by atoms with Gasteiger partial charge < -0.3 is 24.8 Å². The van der Waals surface area contributed by atoms with E-state index in [0.29, 0.717) is 13.0 Å². The van der Waals surface area contributed by atoms with Gasteiger partial charge in [0.1, 0.15) is 30.0 Å². The van der Waals surface area contributed by atoms with E-state index in [1.165, 1.54) is 7.11 Å². The summed E-state index contributed by atoms with van der Waals surface area (Å²) in [5.41, 5.74) is 1.52. The van der Waals surface area contributed by atoms with Gasteiger partial charge in [-0.05, 0) is 57.5 Å². The molecule has 0 saturated carbocycles. The zero-order valence-electron chi connectivity index (χ0n) is 20.0. The number of esters is 1. The highest BCUT2D eigenvalue weighted by Crippen LogP contribution is 2.17. The molecule has 2 rings (SSSR count). The van der Waals surface area contributed by atoms with Gasteiger partial charge in [0.15, 0.2) is 5.88 Å². The monoisotopic (exact) mass is 454 g/mol. The average molecular weight is 455 g/mol. The SMILES string of the molecule is C=C(N[C@@H](Cc1ccc(OCc2ccccc2)cc1)C(=O)N[C@@H](C)C(=O)OC)OC(C)(C)C. The van der Waals surface area contributed by atoms with Crippen LogP contribution in [0.25, 0.3) is 0 Å². The third-order valence-electron chi connectivity index (χ3n) is 4.61. The summed E-state index contributed by atoms with van der Waals surface area (Å²) in [6.07, 6.45) is 0.352. The summed E-state index contributed by atoms with van der Waals surface area (Å²) in [6, 6.07) is 16.0. The van der Waals surface area contributed by atoms with Crippen LogP contribution >= 0.6 is 0 Å². The molecule has 7 nitrogen and oxygen atoms in total. The van der Waals surface area contributed by atoms with Crippen molar-refractivity contribution in [3.8, 4) is 5.75 Å². The molecule has 178 valence electrons. The zero-order valence-corrected chi connectivity index (χ0v) is 20.0. The Bertz CT molecular complexity index is 920. The minimum atomic E-state index is -0.780. The lowest BCUT2D eigenvalue weighted by molar-refractivity contribution is -0.144. The van der Waals surface area contributed by atoms with Gasteiger partial charge in [0.2, 0.25) is 5.91 Å².